The van der Waals surface area contributed by atoms with Gasteiger partial charge in [0.1, 0.15) is 0 Å². The Balaban J connectivity index is 1.84. The molecular formula is C14H15NO2. The van der Waals surface area contributed by atoms with Crippen molar-refractivity contribution in [3.05, 3.63) is 35.4 Å². The van der Waals surface area contributed by atoms with Gasteiger partial charge in [0.15, 0.2) is 0 Å². The van der Waals surface area contributed by atoms with Crippen molar-refractivity contribution in [2.75, 3.05) is 0 Å². The molecule has 0 atom stereocenters. The molecule has 1 aliphatic heterocycles. The lowest BCUT2D eigenvalue weighted by atomic mass is 9.88. The van der Waals surface area contributed by atoms with Crippen LogP contribution in [-0.4, -0.2) is 11.8 Å². The Hall–Kier alpha value is -1.64. The summed E-state index contributed by atoms with van der Waals surface area (Å²) in [7, 11) is 0. The first-order valence-corrected chi connectivity index (χ1v) is 6.15. The molecule has 0 bridgehead atoms. The van der Waals surface area contributed by atoms with Gasteiger partial charge in [-0.05, 0) is 29.9 Å². The van der Waals surface area contributed by atoms with Gasteiger partial charge in [0.25, 0.3) is 0 Å². The highest BCUT2D eigenvalue weighted by atomic mass is 16.2. The molecule has 1 heterocycles. The summed E-state index contributed by atoms with van der Waals surface area (Å²) >= 11 is 0. The van der Waals surface area contributed by atoms with Gasteiger partial charge >= 0.3 is 0 Å². The topological polar surface area (TPSA) is 46.2 Å². The van der Waals surface area contributed by atoms with Crippen LogP contribution in [0.3, 0.4) is 0 Å². The molecule has 1 aliphatic carbocycles. The van der Waals surface area contributed by atoms with Gasteiger partial charge in [-0.25, -0.2) is 0 Å². The lowest BCUT2D eigenvalue weighted by Gasteiger charge is -2.21. The number of piperidine rings is 1. The lowest BCUT2D eigenvalue weighted by Crippen LogP contribution is -2.37. The van der Waals surface area contributed by atoms with E-state index in [1.54, 1.807) is 0 Å². The zero-order valence-corrected chi connectivity index (χ0v) is 9.61. The number of benzene rings is 1. The fourth-order valence-electron chi connectivity index (χ4n) is 2.50. The summed E-state index contributed by atoms with van der Waals surface area (Å²) in [6, 6.07) is 8.39. The molecule has 1 aromatic rings. The fraction of sp³-hybridized carbons (Fsp3) is 0.429. The fourth-order valence-corrected chi connectivity index (χ4v) is 2.50. The predicted octanol–water partition coefficient (Wildman–Crippen LogP) is 2.08. The second-order valence-electron chi connectivity index (χ2n) is 5.02. The molecule has 2 aliphatic rings. The minimum absolute atomic E-state index is 0.0648. The Morgan fingerprint density at radius 2 is 1.53 bits per heavy atom. The number of carbonyl (C=O) groups excluding carboxylic acids is 2. The SMILES string of the molecule is O=C1CC(c2cccc(C3CC3)c2)CC(=O)N1. The third kappa shape index (κ3) is 2.23. The van der Waals surface area contributed by atoms with Gasteiger partial charge in [-0.15, -0.1) is 0 Å². The minimum atomic E-state index is -0.150. The van der Waals surface area contributed by atoms with E-state index < -0.39 is 0 Å². The molecule has 0 unspecified atom stereocenters. The van der Waals surface area contributed by atoms with Gasteiger partial charge in [0.2, 0.25) is 11.8 Å². The van der Waals surface area contributed by atoms with E-state index in [4.69, 9.17) is 0 Å². The van der Waals surface area contributed by atoms with Crippen molar-refractivity contribution >= 4 is 11.8 Å². The molecule has 1 saturated carbocycles. The number of nitrogens with one attached hydrogen (secondary N) is 1. The highest BCUT2D eigenvalue weighted by Crippen LogP contribution is 2.41. The van der Waals surface area contributed by atoms with Crippen LogP contribution < -0.4 is 5.32 Å². The summed E-state index contributed by atoms with van der Waals surface area (Å²) in [5.41, 5.74) is 2.50. The van der Waals surface area contributed by atoms with E-state index in [9.17, 15) is 9.59 Å². The predicted molar refractivity (Wildman–Crippen MR) is 63.5 cm³/mol. The maximum Gasteiger partial charge on any atom is 0.227 e. The summed E-state index contributed by atoms with van der Waals surface area (Å²) in [4.78, 5) is 22.7. The molecule has 0 aromatic heterocycles. The zero-order valence-electron chi connectivity index (χ0n) is 9.61. The Morgan fingerprint density at radius 3 is 2.12 bits per heavy atom. The maximum atomic E-state index is 11.4. The first-order valence-electron chi connectivity index (χ1n) is 6.15. The number of carbonyl (C=O) groups is 2. The van der Waals surface area contributed by atoms with Gasteiger partial charge in [-0.1, -0.05) is 24.3 Å². The molecule has 1 aromatic carbocycles. The number of amides is 2. The average Bonchev–Trinajstić information content (AvgIpc) is 3.12. The molecule has 0 spiro atoms. The summed E-state index contributed by atoms with van der Waals surface area (Å²) in [5, 5.41) is 2.35. The van der Waals surface area contributed by atoms with Crippen LogP contribution in [-0.2, 0) is 9.59 Å². The number of hydrogen-bond donors (Lipinski definition) is 1. The van der Waals surface area contributed by atoms with Crippen LogP contribution in [0.25, 0.3) is 0 Å². The Labute approximate surface area is 100 Å². The molecule has 2 amide bonds. The van der Waals surface area contributed by atoms with E-state index in [0.29, 0.717) is 18.8 Å². The van der Waals surface area contributed by atoms with Gasteiger partial charge in [0, 0.05) is 18.8 Å². The van der Waals surface area contributed by atoms with Crippen molar-refractivity contribution in [3.8, 4) is 0 Å². The summed E-state index contributed by atoms with van der Waals surface area (Å²) in [6.45, 7) is 0. The Bertz CT molecular complexity index is 461. The van der Waals surface area contributed by atoms with Crippen LogP contribution in [0.1, 0.15) is 48.6 Å². The van der Waals surface area contributed by atoms with E-state index >= 15 is 0 Å². The molecular weight excluding hydrogens is 214 g/mol. The smallest absolute Gasteiger partial charge is 0.227 e. The number of rotatable bonds is 2. The summed E-state index contributed by atoms with van der Waals surface area (Å²) in [6.07, 6.45) is 3.40. The Kier molecular flexibility index (Phi) is 2.46. The molecule has 17 heavy (non-hydrogen) atoms. The average molecular weight is 229 g/mol. The Morgan fingerprint density at radius 1 is 0.941 bits per heavy atom. The van der Waals surface area contributed by atoms with Gasteiger partial charge in [-0.3, -0.25) is 14.9 Å². The second kappa shape index (κ2) is 3.99. The third-order valence-electron chi connectivity index (χ3n) is 3.57. The molecule has 3 heteroatoms. The van der Waals surface area contributed by atoms with Crippen molar-refractivity contribution in [3.63, 3.8) is 0 Å². The van der Waals surface area contributed by atoms with Crippen molar-refractivity contribution < 1.29 is 9.59 Å². The quantitative estimate of drug-likeness (QED) is 0.789. The number of imide groups is 1. The number of hydrogen-bond acceptors (Lipinski definition) is 2. The van der Waals surface area contributed by atoms with E-state index in [1.165, 1.54) is 18.4 Å². The van der Waals surface area contributed by atoms with Crippen LogP contribution in [0.5, 0.6) is 0 Å². The van der Waals surface area contributed by atoms with E-state index in [1.807, 2.05) is 12.1 Å². The van der Waals surface area contributed by atoms with Crippen LogP contribution >= 0.6 is 0 Å². The molecule has 1 N–H and O–H groups in total. The monoisotopic (exact) mass is 229 g/mol. The lowest BCUT2D eigenvalue weighted by molar-refractivity contribution is -0.133. The highest BCUT2D eigenvalue weighted by Gasteiger charge is 2.28. The van der Waals surface area contributed by atoms with Crippen molar-refractivity contribution in [2.45, 2.75) is 37.5 Å². The van der Waals surface area contributed by atoms with E-state index in [2.05, 4.69) is 17.4 Å². The normalized spacial score (nSPS) is 21.4. The van der Waals surface area contributed by atoms with Crippen LogP contribution in [0, 0.1) is 0 Å². The molecule has 1 saturated heterocycles. The summed E-state index contributed by atoms with van der Waals surface area (Å²) < 4.78 is 0. The van der Waals surface area contributed by atoms with Crippen LogP contribution in [0.4, 0.5) is 0 Å². The largest absolute Gasteiger partial charge is 0.296 e. The molecule has 0 radical (unpaired) electrons. The summed E-state index contributed by atoms with van der Waals surface area (Å²) in [5.74, 6) is 0.476. The second-order valence-corrected chi connectivity index (χ2v) is 5.02. The standard InChI is InChI=1S/C14H15NO2/c16-13-7-12(8-14(17)15-13)11-3-1-2-10(6-11)9-4-5-9/h1-3,6,9,12H,4-5,7-8H2,(H,15,16,17). The van der Waals surface area contributed by atoms with Crippen molar-refractivity contribution in [1.29, 1.82) is 0 Å². The van der Waals surface area contributed by atoms with Crippen molar-refractivity contribution in [1.82, 2.24) is 5.32 Å². The third-order valence-corrected chi connectivity index (χ3v) is 3.57. The first kappa shape index (κ1) is 10.5. The highest BCUT2D eigenvalue weighted by molar-refractivity contribution is 5.98. The van der Waals surface area contributed by atoms with E-state index in [-0.39, 0.29) is 17.7 Å². The molecule has 88 valence electrons. The molecule has 2 fully saturated rings. The van der Waals surface area contributed by atoms with Gasteiger partial charge in [0.05, 0.1) is 0 Å². The first-order chi connectivity index (χ1) is 8.22. The maximum absolute atomic E-state index is 11.4. The zero-order chi connectivity index (χ0) is 11.8. The van der Waals surface area contributed by atoms with Gasteiger partial charge < -0.3 is 0 Å². The van der Waals surface area contributed by atoms with Crippen LogP contribution in [0.2, 0.25) is 0 Å². The van der Waals surface area contributed by atoms with Gasteiger partial charge in [-0.2, -0.15) is 0 Å². The molecule has 3 nitrogen and oxygen atoms in total. The minimum Gasteiger partial charge on any atom is -0.296 e. The van der Waals surface area contributed by atoms with E-state index in [0.717, 1.165) is 5.56 Å². The molecule has 3 rings (SSSR count). The van der Waals surface area contributed by atoms with Crippen molar-refractivity contribution in [2.24, 2.45) is 0 Å². The van der Waals surface area contributed by atoms with Crippen LogP contribution in [0.15, 0.2) is 24.3 Å².